The Hall–Kier alpha value is -4.04. The first-order chi connectivity index (χ1) is 16.6. The Bertz CT molecular complexity index is 1220. The van der Waals surface area contributed by atoms with E-state index in [0.29, 0.717) is 34.2 Å². The number of nitrogens with zero attached hydrogens (tertiary/aromatic N) is 2. The van der Waals surface area contributed by atoms with Gasteiger partial charge in [0, 0.05) is 5.56 Å². The normalized spacial score (nSPS) is 21.6. The zero-order chi connectivity index (χ0) is 23.8. The molecule has 0 unspecified atom stereocenters. The number of hydrogen-bond donors (Lipinski definition) is 0. The summed E-state index contributed by atoms with van der Waals surface area (Å²) in [5.41, 5.74) is 1.87. The van der Waals surface area contributed by atoms with Crippen LogP contribution in [0.4, 0.5) is 11.4 Å². The smallest absolute Gasteiger partial charge is 0.266 e. The molecule has 2 heterocycles. The number of imide groups is 1. The van der Waals surface area contributed by atoms with Crippen LogP contribution in [0.25, 0.3) is 0 Å². The summed E-state index contributed by atoms with van der Waals surface area (Å²) in [5.74, 6) is -0.221. The van der Waals surface area contributed by atoms with Crippen LogP contribution in [0.2, 0.25) is 0 Å². The first kappa shape index (κ1) is 21.8. The molecule has 0 aromatic heterocycles. The molecule has 0 bridgehead atoms. The number of hydrogen-bond acceptors (Lipinski definition) is 7. The van der Waals surface area contributed by atoms with E-state index in [1.807, 2.05) is 42.5 Å². The highest BCUT2D eigenvalue weighted by atomic mass is 16.7. The maximum atomic E-state index is 13.7. The number of anilines is 2. The van der Waals surface area contributed by atoms with E-state index in [4.69, 9.17) is 19.0 Å². The molecule has 2 fully saturated rings. The van der Waals surface area contributed by atoms with Crippen LogP contribution in [0, 0.1) is 5.92 Å². The van der Waals surface area contributed by atoms with E-state index in [1.54, 1.807) is 42.5 Å². The number of methoxy groups -OCH3 is 3. The van der Waals surface area contributed by atoms with E-state index >= 15 is 0 Å². The minimum atomic E-state index is -0.976. The van der Waals surface area contributed by atoms with Crippen molar-refractivity contribution in [3.8, 4) is 17.2 Å². The van der Waals surface area contributed by atoms with Gasteiger partial charge in [-0.25, -0.2) is 9.96 Å². The molecule has 2 aliphatic rings. The van der Waals surface area contributed by atoms with Crippen molar-refractivity contribution >= 4 is 23.2 Å². The lowest BCUT2D eigenvalue weighted by molar-refractivity contribution is -0.126. The lowest BCUT2D eigenvalue weighted by Gasteiger charge is -2.30. The first-order valence-electron chi connectivity index (χ1n) is 10.8. The fraction of sp³-hybridized carbons (Fsp3) is 0.231. The largest absolute Gasteiger partial charge is 0.493 e. The Kier molecular flexibility index (Phi) is 5.59. The third-order valence-corrected chi connectivity index (χ3v) is 6.19. The van der Waals surface area contributed by atoms with Gasteiger partial charge in [0.2, 0.25) is 11.7 Å². The Labute approximate surface area is 197 Å². The van der Waals surface area contributed by atoms with Crippen molar-refractivity contribution in [3.05, 3.63) is 78.4 Å². The molecule has 5 rings (SSSR count). The van der Waals surface area contributed by atoms with Gasteiger partial charge < -0.3 is 14.2 Å². The number of benzene rings is 3. The average molecular weight is 460 g/mol. The standard InChI is InChI=1S/C26H24N2O6/c1-31-19-15-14-18(22(32-2)23(19)33-3)21-20-24(34-28(21)17-12-8-5-9-13-17)26(30)27(25(20)29)16-10-6-4-7-11-16/h4-15,20-21,24H,1-3H3/t20-,21+,24+/m0/s1. The number of ether oxygens (including phenoxy) is 3. The molecular weight excluding hydrogens is 436 g/mol. The van der Waals surface area contributed by atoms with Crippen molar-refractivity contribution in [2.45, 2.75) is 12.1 Å². The van der Waals surface area contributed by atoms with E-state index in [1.165, 1.54) is 19.1 Å². The summed E-state index contributed by atoms with van der Waals surface area (Å²) >= 11 is 0. The third kappa shape index (κ3) is 3.26. The molecule has 3 atom stereocenters. The molecule has 174 valence electrons. The molecule has 2 amide bonds. The van der Waals surface area contributed by atoms with Crippen molar-refractivity contribution in [1.82, 2.24) is 0 Å². The van der Waals surface area contributed by atoms with Gasteiger partial charge in [-0.1, -0.05) is 36.4 Å². The Morgan fingerprint density at radius 3 is 1.91 bits per heavy atom. The zero-order valence-corrected chi connectivity index (χ0v) is 19.0. The number of amides is 2. The molecule has 0 radical (unpaired) electrons. The van der Waals surface area contributed by atoms with Gasteiger partial charge in [-0.3, -0.25) is 14.4 Å². The highest BCUT2D eigenvalue weighted by Gasteiger charge is 2.61. The van der Waals surface area contributed by atoms with Crippen molar-refractivity contribution < 1.29 is 28.6 Å². The van der Waals surface area contributed by atoms with Crippen LogP contribution < -0.4 is 24.2 Å². The van der Waals surface area contributed by atoms with E-state index in [2.05, 4.69) is 0 Å². The van der Waals surface area contributed by atoms with E-state index in [-0.39, 0.29) is 5.91 Å². The highest BCUT2D eigenvalue weighted by molar-refractivity contribution is 6.23. The van der Waals surface area contributed by atoms with E-state index in [9.17, 15) is 9.59 Å². The molecule has 8 nitrogen and oxygen atoms in total. The van der Waals surface area contributed by atoms with Crippen molar-refractivity contribution in [3.63, 3.8) is 0 Å². The average Bonchev–Trinajstić information content (AvgIpc) is 3.39. The molecule has 2 saturated heterocycles. The molecule has 3 aromatic carbocycles. The van der Waals surface area contributed by atoms with Gasteiger partial charge in [-0.15, -0.1) is 0 Å². The van der Waals surface area contributed by atoms with Gasteiger partial charge in [0.05, 0.1) is 32.7 Å². The lowest BCUT2D eigenvalue weighted by atomic mass is 9.89. The van der Waals surface area contributed by atoms with Crippen molar-refractivity contribution in [2.24, 2.45) is 5.92 Å². The van der Waals surface area contributed by atoms with Gasteiger partial charge >= 0.3 is 0 Å². The van der Waals surface area contributed by atoms with E-state index in [0.717, 1.165) is 0 Å². The molecule has 2 aliphatic heterocycles. The lowest BCUT2D eigenvalue weighted by Crippen LogP contribution is -2.37. The summed E-state index contributed by atoms with van der Waals surface area (Å²) in [4.78, 5) is 34.5. The fourth-order valence-corrected chi connectivity index (χ4v) is 4.72. The summed E-state index contributed by atoms with van der Waals surface area (Å²) in [7, 11) is 4.59. The zero-order valence-electron chi connectivity index (χ0n) is 19.0. The summed E-state index contributed by atoms with van der Waals surface area (Å²) in [6.45, 7) is 0. The predicted octanol–water partition coefficient (Wildman–Crippen LogP) is 3.76. The maximum Gasteiger partial charge on any atom is 0.266 e. The molecule has 0 aliphatic carbocycles. The molecular formula is C26H24N2O6. The molecule has 3 aromatic rings. The monoisotopic (exact) mass is 460 g/mol. The molecule has 0 spiro atoms. The number of carbonyl (C=O) groups is 2. The second-order valence-electron chi connectivity index (χ2n) is 7.93. The second kappa shape index (κ2) is 8.72. The summed E-state index contributed by atoms with van der Waals surface area (Å²) in [5, 5.41) is 1.62. The summed E-state index contributed by atoms with van der Waals surface area (Å²) in [6, 6.07) is 21.2. The summed E-state index contributed by atoms with van der Waals surface area (Å²) in [6.07, 6.45) is -0.976. The molecule has 0 saturated carbocycles. The van der Waals surface area contributed by atoms with Gasteiger partial charge in [0.25, 0.3) is 5.91 Å². The molecule has 8 heteroatoms. The minimum absolute atomic E-state index is 0.332. The van der Waals surface area contributed by atoms with Gasteiger partial charge in [-0.2, -0.15) is 0 Å². The second-order valence-corrected chi connectivity index (χ2v) is 7.93. The van der Waals surface area contributed by atoms with Crippen LogP contribution in [0.1, 0.15) is 11.6 Å². The molecule has 34 heavy (non-hydrogen) atoms. The topological polar surface area (TPSA) is 77.5 Å². The Balaban J connectivity index is 1.67. The predicted molar refractivity (Wildman–Crippen MR) is 125 cm³/mol. The first-order valence-corrected chi connectivity index (χ1v) is 10.8. The minimum Gasteiger partial charge on any atom is -0.493 e. The van der Waals surface area contributed by atoms with Crippen LogP contribution in [0.3, 0.4) is 0 Å². The van der Waals surface area contributed by atoms with Crippen LogP contribution >= 0.6 is 0 Å². The van der Waals surface area contributed by atoms with Gasteiger partial charge in [-0.05, 0) is 36.4 Å². The van der Waals surface area contributed by atoms with Crippen molar-refractivity contribution in [2.75, 3.05) is 31.3 Å². The number of hydroxylamine groups is 1. The number of para-hydroxylation sites is 2. The van der Waals surface area contributed by atoms with Crippen LogP contribution in [0.5, 0.6) is 17.2 Å². The van der Waals surface area contributed by atoms with Crippen molar-refractivity contribution in [1.29, 1.82) is 0 Å². The number of fused-ring (bicyclic) bond motifs is 1. The third-order valence-electron chi connectivity index (χ3n) is 6.19. The SMILES string of the molecule is COc1ccc([C@@H]2[C@@H]3C(=O)N(c4ccccc4)C(=O)[C@@H]3ON2c2ccccc2)c(OC)c1OC. The van der Waals surface area contributed by atoms with Crippen LogP contribution in [-0.2, 0) is 14.4 Å². The van der Waals surface area contributed by atoms with E-state index < -0.39 is 24.0 Å². The van der Waals surface area contributed by atoms with Crippen LogP contribution in [-0.4, -0.2) is 39.2 Å². The Morgan fingerprint density at radius 2 is 1.32 bits per heavy atom. The quantitative estimate of drug-likeness (QED) is 0.519. The highest BCUT2D eigenvalue weighted by Crippen LogP contribution is 2.52. The van der Waals surface area contributed by atoms with Crippen LogP contribution in [0.15, 0.2) is 72.8 Å². The van der Waals surface area contributed by atoms with Gasteiger partial charge in [0.1, 0.15) is 12.0 Å². The Morgan fingerprint density at radius 1 is 0.706 bits per heavy atom. The summed E-state index contributed by atoms with van der Waals surface area (Å²) < 4.78 is 16.7. The number of rotatable bonds is 6. The van der Waals surface area contributed by atoms with Gasteiger partial charge in [0.15, 0.2) is 17.6 Å². The number of carbonyl (C=O) groups excluding carboxylic acids is 2. The molecule has 0 N–H and O–H groups in total. The fourth-order valence-electron chi connectivity index (χ4n) is 4.72. The maximum absolute atomic E-state index is 13.7.